The van der Waals surface area contributed by atoms with Gasteiger partial charge in [-0.15, -0.1) is 0 Å². The van der Waals surface area contributed by atoms with E-state index in [1.165, 1.54) is 21.1 Å². The lowest BCUT2D eigenvalue weighted by molar-refractivity contribution is -0.143. The van der Waals surface area contributed by atoms with E-state index in [0.717, 1.165) is 16.8 Å². The number of hydrogen-bond acceptors (Lipinski definition) is 11. The molecule has 0 bridgehead atoms. The minimum absolute atomic E-state index is 0.0245. The summed E-state index contributed by atoms with van der Waals surface area (Å²) in [6, 6.07) is -1.14. The third-order valence-electron chi connectivity index (χ3n) is 6.32. The molecule has 1 aliphatic rings. The first kappa shape index (κ1) is 33.8. The summed E-state index contributed by atoms with van der Waals surface area (Å²) in [7, 11) is -1.94. The van der Waals surface area contributed by atoms with Crippen LogP contribution in [0.5, 0.6) is 0 Å². The number of aliphatic hydroxyl groups excluding tert-OH is 1. The van der Waals surface area contributed by atoms with Crippen molar-refractivity contribution in [3.8, 4) is 0 Å². The highest BCUT2D eigenvalue weighted by molar-refractivity contribution is 7.54. The quantitative estimate of drug-likeness (QED) is 0.143. The van der Waals surface area contributed by atoms with E-state index in [1.54, 1.807) is 0 Å². The number of esters is 2. The monoisotopic (exact) mass is 592 g/mol. The second-order valence-electron chi connectivity index (χ2n) is 10.7. The van der Waals surface area contributed by atoms with E-state index in [4.69, 9.17) is 18.7 Å². The molecule has 0 aliphatic carbocycles. The topological polar surface area (TPSA) is 208 Å². The number of rotatable bonds is 14. The summed E-state index contributed by atoms with van der Waals surface area (Å²) in [6.45, 7) is 8.00. The van der Waals surface area contributed by atoms with Crippen LogP contribution in [0.25, 0.3) is 0 Å². The van der Waals surface area contributed by atoms with Crippen LogP contribution in [0.1, 0.15) is 53.7 Å². The predicted molar refractivity (Wildman–Crippen MR) is 142 cm³/mol. The molecule has 0 spiro atoms. The number of carbonyl (C=O) groups excluding carboxylic acids is 2. The molecule has 228 valence electrons. The molecule has 2 rings (SSSR count). The molecule has 0 aromatic carbocycles. The van der Waals surface area contributed by atoms with Crippen molar-refractivity contribution in [1.82, 2.24) is 19.7 Å². The van der Waals surface area contributed by atoms with E-state index in [9.17, 15) is 34.0 Å². The minimum Gasteiger partial charge on any atom is -0.468 e. The van der Waals surface area contributed by atoms with Gasteiger partial charge in [0, 0.05) is 12.3 Å². The molecule has 1 saturated heterocycles. The number of nitrogens with zero attached hydrogens (tertiary/aromatic N) is 1. The maximum absolute atomic E-state index is 14.2. The zero-order valence-electron chi connectivity index (χ0n) is 23.8. The summed E-state index contributed by atoms with van der Waals surface area (Å²) in [5.74, 6) is -1.47. The van der Waals surface area contributed by atoms with Crippen molar-refractivity contribution in [2.24, 2.45) is 11.8 Å². The van der Waals surface area contributed by atoms with Gasteiger partial charge in [0.1, 0.15) is 29.9 Å². The highest BCUT2D eigenvalue weighted by Crippen LogP contribution is 2.44. The molecule has 5 N–H and O–H groups in total. The lowest BCUT2D eigenvalue weighted by Gasteiger charge is -2.30. The standard InChI is InChI=1S/C24H41N4O11P/c1-13(2)10-15(20(31)36-6)26-40(35,27-16(11-14(3)4)21(32)37-7)38-12-17-19(30)24(5,34)22(39-17)28-9-8-18(29)25-23(28)33/h8-9,13-17,19,22,30,34H,10-12H2,1-7H3,(H,25,29,33)(H2,26,27,35)/t15?,16?,17-,19?,22-,24+,40?/m1/s1. The van der Waals surface area contributed by atoms with Gasteiger partial charge in [-0.05, 0) is 31.6 Å². The summed E-state index contributed by atoms with van der Waals surface area (Å²) >= 11 is 0. The Bertz CT molecular complexity index is 1150. The molecule has 0 saturated carbocycles. The van der Waals surface area contributed by atoms with Gasteiger partial charge in [0.05, 0.1) is 20.8 Å². The average molecular weight is 593 g/mol. The van der Waals surface area contributed by atoms with Crippen molar-refractivity contribution in [3.05, 3.63) is 33.1 Å². The van der Waals surface area contributed by atoms with Crippen LogP contribution >= 0.6 is 7.67 Å². The summed E-state index contributed by atoms with van der Waals surface area (Å²) in [6.07, 6.45) is -2.87. The molecule has 15 nitrogen and oxygen atoms in total. The van der Waals surface area contributed by atoms with Crippen LogP contribution in [0.15, 0.2) is 21.9 Å². The Labute approximate surface area is 232 Å². The Balaban J connectivity index is 2.38. The lowest BCUT2D eigenvalue weighted by atomic mass is 9.96. The summed E-state index contributed by atoms with van der Waals surface area (Å²) in [5.41, 5.74) is -3.58. The number of aliphatic hydroxyl groups is 2. The smallest absolute Gasteiger partial charge is 0.342 e. The number of nitrogens with one attached hydrogen (secondary N) is 3. The van der Waals surface area contributed by atoms with Crippen LogP contribution in [-0.2, 0) is 32.9 Å². The van der Waals surface area contributed by atoms with Gasteiger partial charge < -0.3 is 28.9 Å². The molecular weight excluding hydrogens is 551 g/mol. The van der Waals surface area contributed by atoms with Gasteiger partial charge in [-0.25, -0.2) is 15.0 Å². The summed E-state index contributed by atoms with van der Waals surface area (Å²) in [4.78, 5) is 50.8. The number of aromatic nitrogens is 2. The number of methoxy groups -OCH3 is 2. The third kappa shape index (κ3) is 8.56. The largest absolute Gasteiger partial charge is 0.468 e. The Morgan fingerprint density at radius 3 is 2.02 bits per heavy atom. The van der Waals surface area contributed by atoms with Gasteiger partial charge in [-0.3, -0.25) is 28.5 Å². The third-order valence-corrected chi connectivity index (χ3v) is 8.13. The molecule has 6 atom stereocenters. The van der Waals surface area contributed by atoms with Crippen molar-refractivity contribution in [3.63, 3.8) is 0 Å². The first-order valence-corrected chi connectivity index (χ1v) is 14.5. The van der Waals surface area contributed by atoms with Crippen LogP contribution < -0.4 is 21.4 Å². The van der Waals surface area contributed by atoms with Crippen molar-refractivity contribution in [2.45, 2.75) is 83.6 Å². The number of H-pyrrole nitrogens is 1. The fourth-order valence-electron chi connectivity index (χ4n) is 4.32. The molecule has 1 aromatic heterocycles. The SMILES string of the molecule is COC(=O)C(CC(C)C)NP(=O)(NC(CC(C)C)C(=O)OC)OC[C@H]1O[C@@H](n2ccc(=O)[nH]c2=O)[C@@](C)(O)C1O. The average Bonchev–Trinajstić information content (AvgIpc) is 3.08. The van der Waals surface area contributed by atoms with Gasteiger partial charge in [-0.2, -0.15) is 0 Å². The number of ether oxygens (including phenoxy) is 3. The second kappa shape index (κ2) is 14.0. The molecule has 0 radical (unpaired) electrons. The Morgan fingerprint density at radius 1 is 1.10 bits per heavy atom. The number of hydrogen-bond donors (Lipinski definition) is 5. The maximum Gasteiger partial charge on any atom is 0.342 e. The maximum atomic E-state index is 14.2. The van der Waals surface area contributed by atoms with Crippen molar-refractivity contribution >= 4 is 19.6 Å². The van der Waals surface area contributed by atoms with Gasteiger partial charge >= 0.3 is 25.3 Å². The Morgan fingerprint density at radius 2 is 1.60 bits per heavy atom. The van der Waals surface area contributed by atoms with E-state index in [0.29, 0.717) is 0 Å². The highest BCUT2D eigenvalue weighted by Gasteiger charge is 2.54. The van der Waals surface area contributed by atoms with Gasteiger partial charge in [-0.1, -0.05) is 27.7 Å². The van der Waals surface area contributed by atoms with Crippen LogP contribution in [0, 0.1) is 11.8 Å². The van der Waals surface area contributed by atoms with Crippen LogP contribution in [0.3, 0.4) is 0 Å². The normalized spacial score (nSPS) is 25.9. The molecule has 3 unspecified atom stereocenters. The van der Waals surface area contributed by atoms with E-state index in [1.807, 2.05) is 32.7 Å². The molecule has 0 amide bonds. The minimum atomic E-state index is -4.30. The summed E-state index contributed by atoms with van der Waals surface area (Å²) < 4.78 is 36.2. The molecule has 1 aromatic rings. The number of carbonyl (C=O) groups is 2. The van der Waals surface area contributed by atoms with E-state index in [2.05, 4.69) is 10.2 Å². The molecule has 40 heavy (non-hydrogen) atoms. The predicted octanol–water partition coefficient (Wildman–Crippen LogP) is 0.0252. The molecule has 2 heterocycles. The van der Waals surface area contributed by atoms with Crippen LogP contribution in [-0.4, -0.2) is 82.4 Å². The highest BCUT2D eigenvalue weighted by atomic mass is 31.2. The fraction of sp³-hybridized carbons (Fsp3) is 0.750. The summed E-state index contributed by atoms with van der Waals surface area (Å²) in [5, 5.41) is 27.1. The van der Waals surface area contributed by atoms with Crippen LogP contribution in [0.4, 0.5) is 0 Å². The van der Waals surface area contributed by atoms with E-state index >= 15 is 0 Å². The first-order chi connectivity index (χ1) is 18.5. The lowest BCUT2D eigenvalue weighted by Crippen LogP contribution is -2.47. The first-order valence-electron chi connectivity index (χ1n) is 12.9. The van der Waals surface area contributed by atoms with E-state index in [-0.39, 0.29) is 24.7 Å². The van der Waals surface area contributed by atoms with Gasteiger partial charge in [0.15, 0.2) is 6.23 Å². The van der Waals surface area contributed by atoms with Crippen LogP contribution in [0.2, 0.25) is 0 Å². The Hall–Kier alpha value is -2.39. The van der Waals surface area contributed by atoms with Crippen molar-refractivity contribution in [2.75, 3.05) is 20.8 Å². The molecule has 16 heteroatoms. The second-order valence-corrected chi connectivity index (χ2v) is 12.6. The molecule has 1 fully saturated rings. The Kier molecular flexibility index (Phi) is 11.8. The zero-order chi connectivity index (χ0) is 30.4. The molecule has 1 aliphatic heterocycles. The fourth-order valence-corrected chi connectivity index (χ4v) is 6.14. The van der Waals surface area contributed by atoms with Gasteiger partial charge in [0.2, 0.25) is 0 Å². The van der Waals surface area contributed by atoms with E-state index < -0.39 is 73.6 Å². The molecular formula is C24H41N4O11P. The zero-order valence-corrected chi connectivity index (χ0v) is 24.7. The van der Waals surface area contributed by atoms with Crippen molar-refractivity contribution < 1.29 is 43.1 Å². The van der Waals surface area contributed by atoms with Gasteiger partial charge in [0.25, 0.3) is 5.56 Å². The number of aromatic amines is 1. The van der Waals surface area contributed by atoms with Crippen molar-refractivity contribution in [1.29, 1.82) is 0 Å².